The standard InChI is InChI=1S/C15H11BrF3IO/c1-8-6-9(15(17,18)19)2-4-11(8)14(21)12-7-10(20)3-5-13(12)16/h2-7,14,21H,1H3. The molecule has 0 aliphatic heterocycles. The predicted octanol–water partition coefficient (Wildman–Crippen LogP) is 5.46. The van der Waals surface area contributed by atoms with Crippen LogP contribution in [0.5, 0.6) is 0 Å². The van der Waals surface area contributed by atoms with Crippen LogP contribution >= 0.6 is 38.5 Å². The molecular weight excluding hydrogens is 460 g/mol. The first-order valence-corrected chi connectivity index (χ1v) is 7.88. The van der Waals surface area contributed by atoms with E-state index in [0.29, 0.717) is 16.7 Å². The highest BCUT2D eigenvalue weighted by atomic mass is 127. The molecule has 2 aromatic rings. The van der Waals surface area contributed by atoms with Gasteiger partial charge in [0.05, 0.1) is 5.56 Å². The third-order valence-corrected chi connectivity index (χ3v) is 4.54. The lowest BCUT2D eigenvalue weighted by atomic mass is 9.96. The molecule has 0 radical (unpaired) electrons. The molecule has 21 heavy (non-hydrogen) atoms. The molecule has 0 aliphatic carbocycles. The second kappa shape index (κ2) is 6.26. The van der Waals surface area contributed by atoms with Crippen molar-refractivity contribution < 1.29 is 18.3 Å². The van der Waals surface area contributed by atoms with Crippen LogP contribution in [0.1, 0.15) is 28.4 Å². The van der Waals surface area contributed by atoms with Crippen molar-refractivity contribution in [1.29, 1.82) is 0 Å². The quantitative estimate of drug-likeness (QED) is 0.577. The molecule has 1 atom stereocenters. The van der Waals surface area contributed by atoms with E-state index in [-0.39, 0.29) is 0 Å². The van der Waals surface area contributed by atoms with Crippen LogP contribution < -0.4 is 0 Å². The Hall–Kier alpha value is -0.600. The number of aryl methyl sites for hydroxylation is 1. The van der Waals surface area contributed by atoms with Gasteiger partial charge in [-0.25, -0.2) is 0 Å². The van der Waals surface area contributed by atoms with Crippen molar-refractivity contribution in [1.82, 2.24) is 0 Å². The maximum atomic E-state index is 12.7. The minimum atomic E-state index is -4.38. The Bertz CT molecular complexity index is 670. The lowest BCUT2D eigenvalue weighted by molar-refractivity contribution is -0.137. The summed E-state index contributed by atoms with van der Waals surface area (Å²) in [4.78, 5) is 0. The second-order valence-corrected chi connectivity index (χ2v) is 6.74. The van der Waals surface area contributed by atoms with E-state index in [2.05, 4.69) is 38.5 Å². The summed E-state index contributed by atoms with van der Waals surface area (Å²) in [6.07, 6.45) is -5.35. The fraction of sp³-hybridized carbons (Fsp3) is 0.200. The maximum Gasteiger partial charge on any atom is 0.416 e. The molecule has 112 valence electrons. The Labute approximate surface area is 142 Å². The molecule has 0 spiro atoms. The van der Waals surface area contributed by atoms with Crippen LogP contribution in [0.15, 0.2) is 40.9 Å². The molecule has 0 aromatic heterocycles. The lowest BCUT2D eigenvalue weighted by Crippen LogP contribution is -2.08. The number of rotatable bonds is 2. The summed E-state index contributed by atoms with van der Waals surface area (Å²) >= 11 is 5.47. The molecule has 0 fully saturated rings. The molecule has 1 unspecified atom stereocenters. The second-order valence-electron chi connectivity index (χ2n) is 4.64. The predicted molar refractivity (Wildman–Crippen MR) is 87.1 cm³/mol. The molecule has 1 nitrogen and oxygen atoms in total. The number of halogens is 5. The molecule has 0 saturated carbocycles. The number of aliphatic hydroxyl groups excluding tert-OH is 1. The van der Waals surface area contributed by atoms with Crippen LogP contribution in [0.3, 0.4) is 0 Å². The van der Waals surface area contributed by atoms with Gasteiger partial charge in [0, 0.05) is 13.6 Å². The zero-order valence-electron chi connectivity index (χ0n) is 10.9. The van der Waals surface area contributed by atoms with Crippen LogP contribution in [0.25, 0.3) is 0 Å². The summed E-state index contributed by atoms with van der Waals surface area (Å²) in [6, 6.07) is 8.86. The first kappa shape index (κ1) is 16.8. The number of hydrogen-bond acceptors (Lipinski definition) is 1. The summed E-state index contributed by atoms with van der Waals surface area (Å²) in [5.74, 6) is 0. The fourth-order valence-electron chi connectivity index (χ4n) is 2.05. The molecule has 0 aliphatic rings. The van der Waals surface area contributed by atoms with Crippen molar-refractivity contribution in [3.05, 3.63) is 66.7 Å². The van der Waals surface area contributed by atoms with E-state index in [9.17, 15) is 18.3 Å². The van der Waals surface area contributed by atoms with Crippen LogP contribution in [0.4, 0.5) is 13.2 Å². The van der Waals surface area contributed by atoms with E-state index >= 15 is 0 Å². The minimum Gasteiger partial charge on any atom is -0.384 e. The number of hydrogen-bond donors (Lipinski definition) is 1. The first-order chi connectivity index (χ1) is 9.70. The van der Waals surface area contributed by atoms with Crippen molar-refractivity contribution in [3.8, 4) is 0 Å². The SMILES string of the molecule is Cc1cc(C(F)(F)F)ccc1C(O)c1cc(I)ccc1Br. The summed E-state index contributed by atoms with van der Waals surface area (Å²) in [5, 5.41) is 10.5. The third-order valence-electron chi connectivity index (χ3n) is 3.14. The Balaban J connectivity index is 2.44. The van der Waals surface area contributed by atoms with Gasteiger partial charge >= 0.3 is 6.18 Å². The lowest BCUT2D eigenvalue weighted by Gasteiger charge is -2.17. The van der Waals surface area contributed by atoms with Gasteiger partial charge in [0.25, 0.3) is 0 Å². The average Bonchev–Trinajstić information content (AvgIpc) is 2.39. The molecule has 0 bridgehead atoms. The van der Waals surface area contributed by atoms with Gasteiger partial charge < -0.3 is 5.11 Å². The summed E-state index contributed by atoms with van der Waals surface area (Å²) < 4.78 is 39.7. The molecule has 1 N–H and O–H groups in total. The molecular formula is C15H11BrF3IO. The van der Waals surface area contributed by atoms with Crippen LogP contribution in [0.2, 0.25) is 0 Å². The van der Waals surface area contributed by atoms with Crippen molar-refractivity contribution >= 4 is 38.5 Å². The highest BCUT2D eigenvalue weighted by molar-refractivity contribution is 14.1. The van der Waals surface area contributed by atoms with Crippen molar-refractivity contribution in [2.75, 3.05) is 0 Å². The van der Waals surface area contributed by atoms with Crippen molar-refractivity contribution in [2.24, 2.45) is 0 Å². The van der Waals surface area contributed by atoms with E-state index in [1.807, 2.05) is 6.07 Å². The van der Waals surface area contributed by atoms with Crippen LogP contribution in [0, 0.1) is 10.5 Å². The fourth-order valence-corrected chi connectivity index (χ4v) is 3.03. The molecule has 0 amide bonds. The van der Waals surface area contributed by atoms with Gasteiger partial charge in [0.15, 0.2) is 0 Å². The number of alkyl halides is 3. The average molecular weight is 471 g/mol. The van der Waals surface area contributed by atoms with Gasteiger partial charge in [-0.3, -0.25) is 0 Å². The highest BCUT2D eigenvalue weighted by Gasteiger charge is 2.31. The molecule has 6 heteroatoms. The molecule has 0 heterocycles. The van der Waals surface area contributed by atoms with Crippen LogP contribution in [-0.2, 0) is 6.18 Å². The first-order valence-electron chi connectivity index (χ1n) is 6.01. The van der Waals surface area contributed by atoms with E-state index < -0.39 is 17.8 Å². The van der Waals surface area contributed by atoms with E-state index in [0.717, 1.165) is 20.2 Å². The topological polar surface area (TPSA) is 20.2 Å². The van der Waals surface area contributed by atoms with E-state index in [1.165, 1.54) is 6.07 Å². The zero-order valence-corrected chi connectivity index (χ0v) is 14.6. The largest absolute Gasteiger partial charge is 0.416 e. The smallest absolute Gasteiger partial charge is 0.384 e. The van der Waals surface area contributed by atoms with Crippen LogP contribution in [-0.4, -0.2) is 5.11 Å². The number of benzene rings is 2. The van der Waals surface area contributed by atoms with Crippen molar-refractivity contribution in [3.63, 3.8) is 0 Å². The van der Waals surface area contributed by atoms with Crippen molar-refractivity contribution in [2.45, 2.75) is 19.2 Å². The number of aliphatic hydroxyl groups is 1. The Morgan fingerprint density at radius 3 is 2.33 bits per heavy atom. The molecule has 2 rings (SSSR count). The molecule has 0 saturated heterocycles. The Kier molecular flexibility index (Phi) is 4.99. The molecule has 2 aromatic carbocycles. The van der Waals surface area contributed by atoms with Gasteiger partial charge in [-0.05, 0) is 71.0 Å². The van der Waals surface area contributed by atoms with Gasteiger partial charge in [-0.15, -0.1) is 0 Å². The Morgan fingerprint density at radius 1 is 1.10 bits per heavy atom. The zero-order chi connectivity index (χ0) is 15.8. The minimum absolute atomic E-state index is 0.406. The van der Waals surface area contributed by atoms with Gasteiger partial charge in [0.1, 0.15) is 6.10 Å². The van der Waals surface area contributed by atoms with Gasteiger partial charge in [0.2, 0.25) is 0 Å². The highest BCUT2D eigenvalue weighted by Crippen LogP contribution is 2.35. The van der Waals surface area contributed by atoms with Gasteiger partial charge in [-0.2, -0.15) is 13.2 Å². The van der Waals surface area contributed by atoms with Gasteiger partial charge in [-0.1, -0.05) is 22.0 Å². The summed E-state index contributed by atoms with van der Waals surface area (Å²) in [5.41, 5.74) is 0.788. The Morgan fingerprint density at radius 2 is 1.76 bits per heavy atom. The third kappa shape index (κ3) is 3.78. The maximum absolute atomic E-state index is 12.7. The summed E-state index contributed by atoms with van der Waals surface area (Å²) in [7, 11) is 0. The van der Waals surface area contributed by atoms with E-state index in [1.54, 1.807) is 19.1 Å². The monoisotopic (exact) mass is 470 g/mol. The summed E-state index contributed by atoms with van der Waals surface area (Å²) in [6.45, 7) is 1.57. The van der Waals surface area contributed by atoms with E-state index in [4.69, 9.17) is 0 Å². The normalized spacial score (nSPS) is 13.3.